The summed E-state index contributed by atoms with van der Waals surface area (Å²) in [6, 6.07) is 8.55. The molecule has 3 heteroatoms. The van der Waals surface area contributed by atoms with Gasteiger partial charge in [-0.25, -0.2) is 0 Å². The van der Waals surface area contributed by atoms with Crippen LogP contribution in [0.1, 0.15) is 25.3 Å². The first kappa shape index (κ1) is 14.4. The van der Waals surface area contributed by atoms with Crippen molar-refractivity contribution in [1.82, 2.24) is 10.2 Å². The van der Waals surface area contributed by atoms with Crippen LogP contribution in [0.3, 0.4) is 0 Å². The summed E-state index contributed by atoms with van der Waals surface area (Å²) < 4.78 is 5.49. The summed E-state index contributed by atoms with van der Waals surface area (Å²) in [5.41, 5.74) is 1.65. The van der Waals surface area contributed by atoms with Gasteiger partial charge in [0.15, 0.2) is 0 Å². The molecule has 106 valence electrons. The van der Waals surface area contributed by atoms with E-state index >= 15 is 0 Å². The summed E-state index contributed by atoms with van der Waals surface area (Å²) in [7, 11) is 4.30. The molecule has 0 unspecified atom stereocenters. The molecule has 0 bridgehead atoms. The van der Waals surface area contributed by atoms with Gasteiger partial charge in [0, 0.05) is 5.54 Å². The molecular formula is C16H26N2O. The lowest BCUT2D eigenvalue weighted by Crippen LogP contribution is -2.52. The molecule has 19 heavy (non-hydrogen) atoms. The van der Waals surface area contributed by atoms with Crippen molar-refractivity contribution in [3.8, 4) is 5.75 Å². The summed E-state index contributed by atoms with van der Waals surface area (Å²) in [4.78, 5) is 2.41. The standard InChI is InChI=1S/C16H26N2O/c1-4-19-15-7-5-14(6-8-15)13-16(17-2)9-11-18(3)12-10-16/h5-8,17H,4,9-13H2,1-3H3. The van der Waals surface area contributed by atoms with E-state index in [0.29, 0.717) is 0 Å². The van der Waals surface area contributed by atoms with Crippen molar-refractivity contribution >= 4 is 0 Å². The lowest BCUT2D eigenvalue weighted by Gasteiger charge is -2.41. The molecule has 0 atom stereocenters. The van der Waals surface area contributed by atoms with E-state index in [-0.39, 0.29) is 5.54 Å². The number of hydrogen-bond donors (Lipinski definition) is 1. The van der Waals surface area contributed by atoms with Gasteiger partial charge < -0.3 is 15.0 Å². The number of likely N-dealkylation sites (tertiary alicyclic amines) is 1. The number of nitrogens with zero attached hydrogens (tertiary/aromatic N) is 1. The Kier molecular flexibility index (Phi) is 4.83. The minimum atomic E-state index is 0.264. The van der Waals surface area contributed by atoms with Crippen LogP contribution in [0.2, 0.25) is 0 Å². The maximum absolute atomic E-state index is 5.49. The van der Waals surface area contributed by atoms with E-state index in [4.69, 9.17) is 4.74 Å². The summed E-state index contributed by atoms with van der Waals surface area (Å²) >= 11 is 0. The van der Waals surface area contributed by atoms with Gasteiger partial charge in [-0.2, -0.15) is 0 Å². The molecule has 1 aliphatic rings. The number of hydrogen-bond acceptors (Lipinski definition) is 3. The van der Waals surface area contributed by atoms with Crippen molar-refractivity contribution in [2.45, 2.75) is 31.7 Å². The molecule has 1 aromatic rings. The number of rotatable bonds is 5. The van der Waals surface area contributed by atoms with Gasteiger partial charge in [0.2, 0.25) is 0 Å². The topological polar surface area (TPSA) is 24.5 Å². The minimum absolute atomic E-state index is 0.264. The number of benzene rings is 1. The van der Waals surface area contributed by atoms with Crippen LogP contribution in [0, 0.1) is 0 Å². The molecule has 0 saturated carbocycles. The van der Waals surface area contributed by atoms with Gasteiger partial charge >= 0.3 is 0 Å². The Bertz CT molecular complexity index is 380. The number of nitrogens with one attached hydrogen (secondary N) is 1. The Balaban J connectivity index is 2.01. The molecule has 3 nitrogen and oxygen atoms in total. The molecule has 1 heterocycles. The Morgan fingerprint density at radius 1 is 1.21 bits per heavy atom. The third kappa shape index (κ3) is 3.71. The highest BCUT2D eigenvalue weighted by atomic mass is 16.5. The second-order valence-corrected chi connectivity index (χ2v) is 5.59. The van der Waals surface area contributed by atoms with Crippen molar-refractivity contribution in [1.29, 1.82) is 0 Å². The third-order valence-corrected chi connectivity index (χ3v) is 4.25. The third-order valence-electron chi connectivity index (χ3n) is 4.25. The van der Waals surface area contributed by atoms with E-state index in [1.54, 1.807) is 0 Å². The van der Waals surface area contributed by atoms with E-state index in [2.05, 4.69) is 48.6 Å². The lowest BCUT2D eigenvalue weighted by atomic mass is 9.82. The molecule has 1 aliphatic heterocycles. The zero-order valence-electron chi connectivity index (χ0n) is 12.4. The van der Waals surface area contributed by atoms with Crippen molar-refractivity contribution in [3.63, 3.8) is 0 Å². The van der Waals surface area contributed by atoms with Crippen LogP contribution >= 0.6 is 0 Å². The smallest absolute Gasteiger partial charge is 0.119 e. The predicted molar refractivity (Wildman–Crippen MR) is 79.8 cm³/mol. The molecule has 1 fully saturated rings. The Morgan fingerprint density at radius 2 is 1.84 bits per heavy atom. The van der Waals surface area contributed by atoms with Crippen LogP contribution < -0.4 is 10.1 Å². The normalized spacial score (nSPS) is 19.3. The van der Waals surface area contributed by atoms with Gasteiger partial charge in [0.25, 0.3) is 0 Å². The van der Waals surface area contributed by atoms with Crippen LogP contribution in [-0.4, -0.2) is 44.2 Å². The van der Waals surface area contributed by atoms with E-state index < -0.39 is 0 Å². The van der Waals surface area contributed by atoms with Crippen LogP contribution in [0.15, 0.2) is 24.3 Å². The lowest BCUT2D eigenvalue weighted by molar-refractivity contribution is 0.163. The first-order chi connectivity index (χ1) is 9.17. The number of piperidine rings is 1. The van der Waals surface area contributed by atoms with Gasteiger partial charge in [-0.05, 0) is 71.1 Å². The summed E-state index contributed by atoms with van der Waals surface area (Å²) in [6.45, 7) is 5.10. The average Bonchev–Trinajstić information content (AvgIpc) is 2.44. The molecule has 0 amide bonds. The largest absolute Gasteiger partial charge is 0.494 e. The highest BCUT2D eigenvalue weighted by Gasteiger charge is 2.31. The van der Waals surface area contributed by atoms with Gasteiger partial charge in [0.05, 0.1) is 6.61 Å². The van der Waals surface area contributed by atoms with Crippen molar-refractivity contribution in [2.75, 3.05) is 33.8 Å². The fourth-order valence-electron chi connectivity index (χ4n) is 2.82. The Labute approximate surface area is 116 Å². The van der Waals surface area contributed by atoms with Gasteiger partial charge in [0.1, 0.15) is 5.75 Å². The first-order valence-electron chi connectivity index (χ1n) is 7.27. The van der Waals surface area contributed by atoms with Crippen LogP contribution in [0.25, 0.3) is 0 Å². The maximum Gasteiger partial charge on any atom is 0.119 e. The minimum Gasteiger partial charge on any atom is -0.494 e. The second kappa shape index (κ2) is 6.40. The first-order valence-corrected chi connectivity index (χ1v) is 7.27. The molecule has 1 N–H and O–H groups in total. The van der Waals surface area contributed by atoms with Gasteiger partial charge in [-0.15, -0.1) is 0 Å². The molecule has 0 spiro atoms. The highest BCUT2D eigenvalue weighted by molar-refractivity contribution is 5.28. The fraction of sp³-hybridized carbons (Fsp3) is 0.625. The quantitative estimate of drug-likeness (QED) is 0.881. The maximum atomic E-state index is 5.49. The number of ether oxygens (including phenoxy) is 1. The van der Waals surface area contributed by atoms with Crippen molar-refractivity contribution in [2.24, 2.45) is 0 Å². The van der Waals surface area contributed by atoms with E-state index in [0.717, 1.165) is 18.8 Å². The monoisotopic (exact) mass is 262 g/mol. The zero-order valence-corrected chi connectivity index (χ0v) is 12.4. The molecule has 0 radical (unpaired) electrons. The van der Waals surface area contributed by atoms with Crippen LogP contribution in [-0.2, 0) is 6.42 Å². The SMILES string of the molecule is CCOc1ccc(CC2(NC)CCN(C)CC2)cc1. The predicted octanol–water partition coefficient (Wildman–Crippen LogP) is 2.31. The van der Waals surface area contributed by atoms with E-state index in [1.807, 2.05) is 6.92 Å². The molecular weight excluding hydrogens is 236 g/mol. The Morgan fingerprint density at radius 3 is 2.37 bits per heavy atom. The summed E-state index contributed by atoms with van der Waals surface area (Å²) in [6.07, 6.45) is 3.53. The average molecular weight is 262 g/mol. The highest BCUT2D eigenvalue weighted by Crippen LogP contribution is 2.26. The molecule has 0 aromatic heterocycles. The molecule has 1 aromatic carbocycles. The fourth-order valence-corrected chi connectivity index (χ4v) is 2.82. The van der Waals surface area contributed by atoms with Crippen LogP contribution in [0.4, 0.5) is 0 Å². The van der Waals surface area contributed by atoms with Gasteiger partial charge in [-0.1, -0.05) is 12.1 Å². The van der Waals surface area contributed by atoms with Crippen LogP contribution in [0.5, 0.6) is 5.75 Å². The molecule has 1 saturated heterocycles. The van der Waals surface area contributed by atoms with Crippen molar-refractivity contribution < 1.29 is 4.74 Å². The molecule has 2 rings (SSSR count). The number of likely N-dealkylation sites (N-methyl/N-ethyl adjacent to an activating group) is 1. The summed E-state index contributed by atoms with van der Waals surface area (Å²) in [5, 5.41) is 3.57. The van der Waals surface area contributed by atoms with Crippen molar-refractivity contribution in [3.05, 3.63) is 29.8 Å². The Hall–Kier alpha value is -1.06. The van der Waals surface area contributed by atoms with Gasteiger partial charge in [-0.3, -0.25) is 0 Å². The summed E-state index contributed by atoms with van der Waals surface area (Å²) in [5.74, 6) is 0.966. The molecule has 0 aliphatic carbocycles. The van der Waals surface area contributed by atoms with E-state index in [9.17, 15) is 0 Å². The zero-order chi connectivity index (χ0) is 13.7. The van der Waals surface area contributed by atoms with E-state index in [1.165, 1.54) is 31.5 Å². The second-order valence-electron chi connectivity index (χ2n) is 5.59.